The number of ether oxygens (including phenoxy) is 1. The van der Waals surface area contributed by atoms with E-state index in [-0.39, 0.29) is 0 Å². The highest BCUT2D eigenvalue weighted by Crippen LogP contribution is 2.13. The highest BCUT2D eigenvalue weighted by Gasteiger charge is 2.12. The lowest BCUT2D eigenvalue weighted by Gasteiger charge is -2.18. The summed E-state index contributed by atoms with van der Waals surface area (Å²) >= 11 is 0. The van der Waals surface area contributed by atoms with Crippen LogP contribution >= 0.6 is 0 Å². The molecule has 0 aromatic carbocycles. The van der Waals surface area contributed by atoms with Crippen LogP contribution in [0.5, 0.6) is 0 Å². The maximum absolute atomic E-state index is 7.10. The summed E-state index contributed by atoms with van der Waals surface area (Å²) in [7, 11) is 0. The molecule has 0 radical (unpaired) electrons. The van der Waals surface area contributed by atoms with Gasteiger partial charge in [0, 0.05) is 6.42 Å². The van der Waals surface area contributed by atoms with Gasteiger partial charge in [-0.15, -0.1) is 0 Å². The molecule has 1 unspecified atom stereocenters. The quantitative estimate of drug-likeness (QED) is 0.506. The average Bonchev–Trinajstić information content (AvgIpc) is 1.64. The van der Waals surface area contributed by atoms with Crippen molar-refractivity contribution < 1.29 is 4.74 Å². The van der Waals surface area contributed by atoms with Crippen LogP contribution in [-0.4, -0.2) is 12.5 Å². The van der Waals surface area contributed by atoms with Gasteiger partial charge < -0.3 is 4.74 Å². The fourth-order valence-electron chi connectivity index (χ4n) is 0.861. The fourth-order valence-corrected chi connectivity index (χ4v) is 0.861. The maximum Gasteiger partial charge on any atom is 0.180 e. The minimum Gasteiger partial charge on any atom is -0.481 e. The molecule has 1 N–H and O–H groups in total. The van der Waals surface area contributed by atoms with Crippen LogP contribution in [0, 0.1) is 11.3 Å². The van der Waals surface area contributed by atoms with Crippen molar-refractivity contribution >= 4 is 5.90 Å². The van der Waals surface area contributed by atoms with Gasteiger partial charge in [-0.2, -0.15) is 0 Å². The molecule has 1 heterocycles. The lowest BCUT2D eigenvalue weighted by atomic mass is 10.0. The summed E-state index contributed by atoms with van der Waals surface area (Å²) in [6.45, 7) is 2.90. The molecule has 8 heavy (non-hydrogen) atoms. The van der Waals surface area contributed by atoms with Gasteiger partial charge >= 0.3 is 0 Å². The third kappa shape index (κ3) is 1.22. The molecule has 0 aromatic heterocycles. The van der Waals surface area contributed by atoms with E-state index < -0.39 is 0 Å². The molecule has 1 saturated heterocycles. The first-order valence-electron chi connectivity index (χ1n) is 2.99. The standard InChI is InChI=1S/C6H11NO/c1-5-2-3-8-6(7)4-5/h5,7H,2-4H2,1H3. The number of hydrogen-bond acceptors (Lipinski definition) is 2. The second-order valence-electron chi connectivity index (χ2n) is 2.37. The van der Waals surface area contributed by atoms with Gasteiger partial charge in [0.25, 0.3) is 0 Å². The van der Waals surface area contributed by atoms with E-state index in [0.717, 1.165) is 19.4 Å². The van der Waals surface area contributed by atoms with E-state index in [1.54, 1.807) is 0 Å². The topological polar surface area (TPSA) is 33.1 Å². The summed E-state index contributed by atoms with van der Waals surface area (Å²) < 4.78 is 4.93. The van der Waals surface area contributed by atoms with E-state index >= 15 is 0 Å². The van der Waals surface area contributed by atoms with Crippen LogP contribution in [-0.2, 0) is 4.74 Å². The Morgan fingerprint density at radius 2 is 2.50 bits per heavy atom. The van der Waals surface area contributed by atoms with Crippen LogP contribution in [0.4, 0.5) is 0 Å². The third-order valence-corrected chi connectivity index (χ3v) is 1.42. The fraction of sp³-hybridized carbons (Fsp3) is 0.833. The Morgan fingerprint density at radius 3 is 2.88 bits per heavy atom. The summed E-state index contributed by atoms with van der Waals surface area (Å²) in [6, 6.07) is 0. The van der Waals surface area contributed by atoms with Crippen LogP contribution in [0.25, 0.3) is 0 Å². The molecule has 1 rings (SSSR count). The van der Waals surface area contributed by atoms with Crippen LogP contribution in [0.3, 0.4) is 0 Å². The lowest BCUT2D eigenvalue weighted by Crippen LogP contribution is -2.17. The van der Waals surface area contributed by atoms with Crippen molar-refractivity contribution in [1.29, 1.82) is 5.41 Å². The predicted octanol–water partition coefficient (Wildman–Crippen LogP) is 1.41. The molecule has 0 saturated carbocycles. The smallest absolute Gasteiger partial charge is 0.180 e. The zero-order valence-corrected chi connectivity index (χ0v) is 5.11. The van der Waals surface area contributed by atoms with Crippen molar-refractivity contribution in [3.8, 4) is 0 Å². The van der Waals surface area contributed by atoms with Crippen molar-refractivity contribution in [3.63, 3.8) is 0 Å². The monoisotopic (exact) mass is 113 g/mol. The second-order valence-corrected chi connectivity index (χ2v) is 2.37. The Balaban J connectivity index is 2.34. The van der Waals surface area contributed by atoms with Crippen LogP contribution in [0.15, 0.2) is 0 Å². The normalized spacial score (nSPS) is 29.6. The highest BCUT2D eigenvalue weighted by molar-refractivity contribution is 5.73. The lowest BCUT2D eigenvalue weighted by molar-refractivity contribution is 0.224. The molecule has 2 heteroatoms. The third-order valence-electron chi connectivity index (χ3n) is 1.42. The molecule has 1 atom stereocenters. The first-order valence-corrected chi connectivity index (χ1v) is 2.99. The van der Waals surface area contributed by atoms with Crippen LogP contribution in [0.2, 0.25) is 0 Å². The van der Waals surface area contributed by atoms with Gasteiger partial charge in [-0.3, -0.25) is 5.41 Å². The van der Waals surface area contributed by atoms with E-state index in [2.05, 4.69) is 6.92 Å². The largest absolute Gasteiger partial charge is 0.481 e. The SMILES string of the molecule is CC1CCOC(=N)C1. The van der Waals surface area contributed by atoms with Crippen molar-refractivity contribution in [2.75, 3.05) is 6.61 Å². The minimum atomic E-state index is 0.462. The summed E-state index contributed by atoms with van der Waals surface area (Å²) in [5.41, 5.74) is 0. The molecule has 0 aliphatic carbocycles. The molecule has 1 aliphatic rings. The predicted molar refractivity (Wildman–Crippen MR) is 32.1 cm³/mol. The molecule has 1 aliphatic heterocycles. The Hall–Kier alpha value is -0.530. The molecule has 0 amide bonds. The summed E-state index contributed by atoms with van der Waals surface area (Å²) in [5.74, 6) is 1.12. The molecule has 2 nitrogen and oxygen atoms in total. The summed E-state index contributed by atoms with van der Waals surface area (Å²) in [5, 5.41) is 7.10. The molecule has 0 spiro atoms. The van der Waals surface area contributed by atoms with E-state index in [1.165, 1.54) is 0 Å². The van der Waals surface area contributed by atoms with E-state index in [9.17, 15) is 0 Å². The van der Waals surface area contributed by atoms with E-state index in [1.807, 2.05) is 0 Å². The second kappa shape index (κ2) is 2.16. The van der Waals surface area contributed by atoms with E-state index in [4.69, 9.17) is 10.1 Å². The molecule has 0 aromatic rings. The van der Waals surface area contributed by atoms with Gasteiger partial charge in [-0.25, -0.2) is 0 Å². The highest BCUT2D eigenvalue weighted by atomic mass is 16.5. The molecule has 46 valence electrons. The maximum atomic E-state index is 7.10. The molecule has 0 bridgehead atoms. The van der Waals surface area contributed by atoms with Crippen molar-refractivity contribution in [1.82, 2.24) is 0 Å². The van der Waals surface area contributed by atoms with Gasteiger partial charge in [0.15, 0.2) is 5.90 Å². The van der Waals surface area contributed by atoms with Gasteiger partial charge in [0.2, 0.25) is 0 Å². The molecule has 1 fully saturated rings. The van der Waals surface area contributed by atoms with Crippen LogP contribution in [0.1, 0.15) is 19.8 Å². The minimum absolute atomic E-state index is 0.462. The summed E-state index contributed by atoms with van der Waals surface area (Å²) in [4.78, 5) is 0. The molecular weight excluding hydrogens is 102 g/mol. The number of rotatable bonds is 0. The Morgan fingerprint density at radius 1 is 1.75 bits per heavy atom. The first kappa shape index (κ1) is 5.60. The summed E-state index contributed by atoms with van der Waals surface area (Å²) in [6.07, 6.45) is 1.95. The van der Waals surface area contributed by atoms with Crippen LogP contribution < -0.4 is 0 Å². The Bertz CT molecular complexity index is 101. The Kier molecular flexibility index (Phi) is 1.51. The average molecular weight is 113 g/mol. The van der Waals surface area contributed by atoms with Gasteiger partial charge in [0.1, 0.15) is 0 Å². The Labute approximate surface area is 49.4 Å². The number of hydrogen-bond donors (Lipinski definition) is 1. The zero-order chi connectivity index (χ0) is 5.98. The zero-order valence-electron chi connectivity index (χ0n) is 5.11. The van der Waals surface area contributed by atoms with Crippen molar-refractivity contribution in [3.05, 3.63) is 0 Å². The first-order chi connectivity index (χ1) is 3.79. The van der Waals surface area contributed by atoms with E-state index in [0.29, 0.717) is 11.8 Å². The number of nitrogens with one attached hydrogen (secondary N) is 1. The van der Waals surface area contributed by atoms with Crippen molar-refractivity contribution in [2.24, 2.45) is 5.92 Å². The van der Waals surface area contributed by atoms with Crippen molar-refractivity contribution in [2.45, 2.75) is 19.8 Å². The van der Waals surface area contributed by atoms with Gasteiger partial charge in [-0.05, 0) is 12.3 Å². The van der Waals surface area contributed by atoms with Gasteiger partial charge in [-0.1, -0.05) is 6.92 Å². The molecular formula is C6H11NO. The van der Waals surface area contributed by atoms with Gasteiger partial charge in [0.05, 0.1) is 6.61 Å².